The molecule has 0 atom stereocenters. The quantitative estimate of drug-likeness (QED) is 0.547. The third-order valence-electron chi connectivity index (χ3n) is 1.23. The third-order valence-corrected chi connectivity index (χ3v) is 1.23. The van der Waals surface area contributed by atoms with Crippen molar-refractivity contribution in [2.24, 2.45) is 0 Å². The van der Waals surface area contributed by atoms with E-state index in [0.717, 1.165) is 0 Å². The molecule has 1 N–H and O–H groups in total. The van der Waals surface area contributed by atoms with Crippen molar-refractivity contribution in [3.8, 4) is 5.88 Å². The Morgan fingerprint density at radius 1 is 1.73 bits per heavy atom. The van der Waals surface area contributed by atoms with Crippen molar-refractivity contribution in [1.82, 2.24) is 9.97 Å². The van der Waals surface area contributed by atoms with E-state index in [1.807, 2.05) is 0 Å². The molecule has 2 rings (SSSR count). The summed E-state index contributed by atoms with van der Waals surface area (Å²) < 4.78 is 4.94. The summed E-state index contributed by atoms with van der Waals surface area (Å²) in [6.45, 7) is 0.0118. The van der Waals surface area contributed by atoms with Gasteiger partial charge in [0.25, 0.3) is 5.91 Å². The number of nitrogens with zero attached hydrogens (tertiary/aromatic N) is 2. The predicted octanol–water partition coefficient (Wildman–Crippen LogP) is -0.392. The van der Waals surface area contributed by atoms with Gasteiger partial charge in [0.05, 0.1) is 0 Å². The number of amides is 1. The first-order chi connectivity index (χ1) is 5.36. The van der Waals surface area contributed by atoms with Gasteiger partial charge in [-0.1, -0.05) is 0 Å². The summed E-state index contributed by atoms with van der Waals surface area (Å²) in [6, 6.07) is 0. The van der Waals surface area contributed by atoms with E-state index in [1.54, 1.807) is 0 Å². The van der Waals surface area contributed by atoms with Crippen LogP contribution in [-0.2, 0) is 4.79 Å². The Morgan fingerprint density at radius 3 is 3.55 bits per heavy atom. The highest BCUT2D eigenvalue weighted by Crippen LogP contribution is 2.21. The Kier molecular flexibility index (Phi) is 1.21. The van der Waals surface area contributed by atoms with Gasteiger partial charge in [-0.3, -0.25) is 4.79 Å². The Balaban J connectivity index is 2.41. The molecule has 0 saturated carbocycles. The molecule has 0 spiro atoms. The molecule has 5 nitrogen and oxygen atoms in total. The topological polar surface area (TPSA) is 64.1 Å². The summed E-state index contributed by atoms with van der Waals surface area (Å²) in [5.41, 5.74) is 0.406. The summed E-state index contributed by atoms with van der Waals surface area (Å²) in [5.74, 6) is 0.170. The largest absolute Gasteiger partial charge is 0.466 e. The number of carbonyl (C=O) groups excluding carboxylic acids is 1. The molecule has 0 saturated heterocycles. The van der Waals surface area contributed by atoms with Crippen molar-refractivity contribution < 1.29 is 9.53 Å². The van der Waals surface area contributed by atoms with Crippen LogP contribution in [0.25, 0.3) is 0 Å². The average molecular weight is 150 g/mol. The molecule has 55 valence electrons. The van der Waals surface area contributed by atoms with Crippen molar-refractivity contribution in [2.75, 3.05) is 11.9 Å². The van der Waals surface area contributed by atoms with Crippen LogP contribution < -0.4 is 10.1 Å². The normalized spacial score (nSPS) is 14.7. The monoisotopic (exact) mass is 150 g/mol. The van der Waals surface area contributed by atoms with Crippen LogP contribution in [0.2, 0.25) is 0 Å². The number of hydrogen-bond donors (Lipinski definition) is 1. The van der Waals surface area contributed by atoms with Crippen LogP contribution >= 0.6 is 0 Å². The van der Waals surface area contributed by atoms with Gasteiger partial charge < -0.3 is 10.1 Å². The van der Waals surface area contributed by atoms with Gasteiger partial charge in [0.1, 0.15) is 18.2 Å². The van der Waals surface area contributed by atoms with Gasteiger partial charge in [-0.15, -0.1) is 0 Å². The molecular weight excluding hydrogens is 146 g/mol. The van der Waals surface area contributed by atoms with Gasteiger partial charge in [-0.05, 0) is 0 Å². The van der Waals surface area contributed by atoms with E-state index in [0.29, 0.717) is 11.6 Å². The van der Waals surface area contributed by atoms with Gasteiger partial charge in [-0.2, -0.15) is 4.98 Å². The number of hydrogen-bond acceptors (Lipinski definition) is 4. The van der Waals surface area contributed by atoms with E-state index in [-0.39, 0.29) is 12.5 Å². The van der Waals surface area contributed by atoms with E-state index < -0.39 is 0 Å². The van der Waals surface area contributed by atoms with E-state index in [2.05, 4.69) is 21.5 Å². The molecule has 11 heavy (non-hydrogen) atoms. The first-order valence-electron chi connectivity index (χ1n) is 3.01. The third kappa shape index (κ3) is 1.000. The van der Waals surface area contributed by atoms with Crippen LogP contribution in [0.4, 0.5) is 5.69 Å². The molecule has 0 bridgehead atoms. The van der Waals surface area contributed by atoms with Crippen LogP contribution in [0.5, 0.6) is 5.88 Å². The first kappa shape index (κ1) is 6.09. The fourth-order valence-corrected chi connectivity index (χ4v) is 0.787. The maximum Gasteiger partial charge on any atom is 0.262 e. The average Bonchev–Trinajstić information content (AvgIpc) is 2.04. The van der Waals surface area contributed by atoms with E-state index in [1.165, 1.54) is 6.33 Å². The smallest absolute Gasteiger partial charge is 0.262 e. The van der Waals surface area contributed by atoms with E-state index >= 15 is 0 Å². The van der Waals surface area contributed by atoms with Gasteiger partial charge >= 0.3 is 0 Å². The summed E-state index contributed by atoms with van der Waals surface area (Å²) in [7, 11) is 0. The Hall–Kier alpha value is -1.65. The zero-order chi connectivity index (χ0) is 7.68. The predicted molar refractivity (Wildman–Crippen MR) is 35.0 cm³/mol. The van der Waals surface area contributed by atoms with Crippen molar-refractivity contribution in [2.45, 2.75) is 0 Å². The molecular formula is C6H4N3O2. The van der Waals surface area contributed by atoms with Crippen molar-refractivity contribution in [1.29, 1.82) is 0 Å². The zero-order valence-electron chi connectivity index (χ0n) is 5.50. The Bertz CT molecular complexity index is 300. The van der Waals surface area contributed by atoms with Crippen LogP contribution in [0.3, 0.4) is 0 Å². The molecule has 0 aliphatic carbocycles. The summed E-state index contributed by atoms with van der Waals surface area (Å²) >= 11 is 0. The van der Waals surface area contributed by atoms with Gasteiger partial charge in [0, 0.05) is 0 Å². The lowest BCUT2D eigenvalue weighted by atomic mass is 10.4. The highest BCUT2D eigenvalue weighted by Gasteiger charge is 2.16. The molecule has 0 fully saturated rings. The minimum absolute atomic E-state index is 0.0118. The van der Waals surface area contributed by atoms with Crippen molar-refractivity contribution >= 4 is 11.6 Å². The number of ether oxygens (including phenoxy) is 1. The molecule has 0 aromatic carbocycles. The number of carbonyl (C=O) groups is 1. The second-order valence-electron chi connectivity index (χ2n) is 2.00. The molecule has 1 aromatic heterocycles. The van der Waals surface area contributed by atoms with Crippen LogP contribution in [-0.4, -0.2) is 22.5 Å². The van der Waals surface area contributed by atoms with Gasteiger partial charge in [-0.25, -0.2) is 4.98 Å². The summed E-state index contributed by atoms with van der Waals surface area (Å²) in [6.07, 6.45) is 3.87. The second-order valence-corrected chi connectivity index (χ2v) is 2.00. The zero-order valence-corrected chi connectivity index (χ0v) is 5.50. The lowest BCUT2D eigenvalue weighted by molar-refractivity contribution is -0.118. The first-order valence-corrected chi connectivity index (χ1v) is 3.01. The number of anilines is 1. The van der Waals surface area contributed by atoms with Crippen LogP contribution in [0, 0.1) is 6.20 Å². The van der Waals surface area contributed by atoms with E-state index in [4.69, 9.17) is 4.74 Å². The molecule has 1 amide bonds. The van der Waals surface area contributed by atoms with Gasteiger partial charge in [0.15, 0.2) is 6.61 Å². The number of rotatable bonds is 0. The highest BCUT2D eigenvalue weighted by atomic mass is 16.5. The maximum atomic E-state index is 10.7. The van der Waals surface area contributed by atoms with Crippen molar-refractivity contribution in [3.05, 3.63) is 12.5 Å². The SMILES string of the molecule is O=C1COc2ncn[c]c2N1. The van der Waals surface area contributed by atoms with Crippen LogP contribution in [0.15, 0.2) is 6.33 Å². The Labute approximate surface area is 62.4 Å². The Morgan fingerprint density at radius 2 is 2.64 bits per heavy atom. The molecule has 1 radical (unpaired) electrons. The lowest BCUT2D eigenvalue weighted by Gasteiger charge is -2.14. The molecule has 1 aromatic rings. The summed E-state index contributed by atoms with van der Waals surface area (Å²) in [4.78, 5) is 18.1. The molecule has 2 heterocycles. The molecule has 1 aliphatic heterocycles. The number of nitrogens with one attached hydrogen (secondary N) is 1. The number of aromatic nitrogens is 2. The molecule has 1 aliphatic rings. The lowest BCUT2D eigenvalue weighted by Crippen LogP contribution is -2.26. The standard InChI is InChI=1S/C6H4N3O2/c10-5-2-11-6-4(9-5)1-7-3-8-6/h3H,2H2,(H,9,10). The highest BCUT2D eigenvalue weighted by molar-refractivity contribution is 5.94. The molecule has 0 unspecified atom stereocenters. The maximum absolute atomic E-state index is 10.7. The second kappa shape index (κ2) is 2.19. The fourth-order valence-electron chi connectivity index (χ4n) is 0.787. The minimum atomic E-state index is -0.205. The minimum Gasteiger partial charge on any atom is -0.466 e. The molecule has 5 heteroatoms. The number of fused-ring (bicyclic) bond motifs is 1. The fraction of sp³-hybridized carbons (Fsp3) is 0.167. The summed E-state index contributed by atoms with van der Waals surface area (Å²) in [5, 5.41) is 2.52. The van der Waals surface area contributed by atoms with E-state index in [9.17, 15) is 4.79 Å². The van der Waals surface area contributed by atoms with Crippen molar-refractivity contribution in [3.63, 3.8) is 0 Å². The van der Waals surface area contributed by atoms with Gasteiger partial charge in [0.2, 0.25) is 5.88 Å². The van der Waals surface area contributed by atoms with Crippen LogP contribution in [0.1, 0.15) is 0 Å².